The van der Waals surface area contributed by atoms with Gasteiger partial charge in [-0.05, 0) is 13.1 Å². The topological polar surface area (TPSA) is 49.3 Å². The molecular weight excluding hydrogens is 118 g/mol. The quantitative estimate of drug-likeness (QED) is 0.424. The molecule has 52 valence electrons. The van der Waals surface area contributed by atoms with Gasteiger partial charge < -0.3 is 10.4 Å². The number of hydrogen-bond acceptors (Lipinski definition) is 3. The number of ketones is 1. The average molecular weight is 129 g/mol. The molecule has 2 N–H and O–H groups in total. The summed E-state index contributed by atoms with van der Waals surface area (Å²) in [7, 11) is 1.74. The highest BCUT2D eigenvalue weighted by molar-refractivity contribution is 5.90. The van der Waals surface area contributed by atoms with Gasteiger partial charge in [0.05, 0.1) is 0 Å². The van der Waals surface area contributed by atoms with Gasteiger partial charge in [0, 0.05) is 13.5 Å². The molecule has 0 aliphatic heterocycles. The maximum Gasteiger partial charge on any atom is 0.193 e. The van der Waals surface area contributed by atoms with Crippen molar-refractivity contribution in [3.05, 3.63) is 11.8 Å². The summed E-state index contributed by atoms with van der Waals surface area (Å²) >= 11 is 0. The molecule has 0 aromatic carbocycles. The number of carbonyl (C=O) groups excluding carboxylic acids is 1. The van der Waals surface area contributed by atoms with E-state index in [4.69, 9.17) is 5.11 Å². The van der Waals surface area contributed by atoms with E-state index in [1.807, 2.05) is 0 Å². The van der Waals surface area contributed by atoms with Crippen molar-refractivity contribution >= 4 is 5.78 Å². The maximum atomic E-state index is 10.3. The second kappa shape index (κ2) is 4.09. The third kappa shape index (κ3) is 3.73. The first kappa shape index (κ1) is 8.17. The lowest BCUT2D eigenvalue weighted by molar-refractivity contribution is -0.115. The Labute approximate surface area is 54.4 Å². The minimum atomic E-state index is -0.301. The van der Waals surface area contributed by atoms with Gasteiger partial charge >= 0.3 is 0 Å². The van der Waals surface area contributed by atoms with Gasteiger partial charge in [0.1, 0.15) is 0 Å². The molecule has 0 unspecified atom stereocenters. The Bertz CT molecular complexity index is 129. The van der Waals surface area contributed by atoms with E-state index < -0.39 is 0 Å². The largest absolute Gasteiger partial charge is 0.505 e. The number of aliphatic hydroxyl groups excluding tert-OH is 1. The first-order valence-electron chi connectivity index (χ1n) is 2.73. The second-order valence-corrected chi connectivity index (χ2v) is 1.70. The summed E-state index contributed by atoms with van der Waals surface area (Å²) in [6.45, 7) is 1.84. The molecule has 3 nitrogen and oxygen atoms in total. The maximum absolute atomic E-state index is 10.3. The van der Waals surface area contributed by atoms with Crippen molar-refractivity contribution < 1.29 is 9.90 Å². The molecule has 0 aliphatic rings. The number of nitrogens with one attached hydrogen (secondary N) is 1. The van der Waals surface area contributed by atoms with Crippen LogP contribution in [-0.4, -0.2) is 24.5 Å². The van der Waals surface area contributed by atoms with Crippen LogP contribution in [0.5, 0.6) is 0 Å². The van der Waals surface area contributed by atoms with Crippen LogP contribution >= 0.6 is 0 Å². The molecule has 0 radical (unpaired) electrons. The van der Waals surface area contributed by atoms with E-state index in [-0.39, 0.29) is 11.5 Å². The molecule has 0 aromatic heterocycles. The van der Waals surface area contributed by atoms with Gasteiger partial charge in [0.2, 0.25) is 0 Å². The van der Waals surface area contributed by atoms with Gasteiger partial charge in [-0.3, -0.25) is 4.79 Å². The van der Waals surface area contributed by atoms with Gasteiger partial charge in [-0.25, -0.2) is 0 Å². The molecule has 0 fully saturated rings. The Hall–Kier alpha value is -0.830. The molecule has 0 aromatic rings. The zero-order valence-electron chi connectivity index (χ0n) is 5.64. The fraction of sp³-hybridized carbons (Fsp3) is 0.500. The van der Waals surface area contributed by atoms with Crippen LogP contribution in [0.4, 0.5) is 0 Å². The number of allylic oxidation sites excluding steroid dienone is 1. The molecule has 0 saturated carbocycles. The Morgan fingerprint density at radius 3 is 2.67 bits per heavy atom. The van der Waals surface area contributed by atoms with Gasteiger partial charge in [-0.15, -0.1) is 0 Å². The molecule has 0 atom stereocenters. The fourth-order valence-electron chi connectivity index (χ4n) is 0.342. The number of aliphatic hydroxyl groups is 1. The van der Waals surface area contributed by atoms with Crippen LogP contribution in [0.3, 0.4) is 0 Å². The lowest BCUT2D eigenvalue weighted by Crippen LogP contribution is -2.07. The minimum Gasteiger partial charge on any atom is -0.505 e. The van der Waals surface area contributed by atoms with Gasteiger partial charge in [0.25, 0.3) is 0 Å². The smallest absolute Gasteiger partial charge is 0.193 e. The van der Waals surface area contributed by atoms with E-state index in [1.165, 1.54) is 13.0 Å². The molecule has 0 rings (SSSR count). The Morgan fingerprint density at radius 2 is 2.33 bits per heavy atom. The van der Waals surface area contributed by atoms with E-state index in [0.29, 0.717) is 6.54 Å². The van der Waals surface area contributed by atoms with Crippen molar-refractivity contribution in [2.24, 2.45) is 0 Å². The molecule has 0 aliphatic carbocycles. The first-order valence-corrected chi connectivity index (χ1v) is 2.73. The molecular formula is C6H11NO2. The Kier molecular flexibility index (Phi) is 3.71. The van der Waals surface area contributed by atoms with E-state index in [2.05, 4.69) is 5.32 Å². The minimum absolute atomic E-state index is 0.177. The summed E-state index contributed by atoms with van der Waals surface area (Å²) in [6, 6.07) is 0. The average Bonchev–Trinajstić information content (AvgIpc) is 1.82. The van der Waals surface area contributed by atoms with Crippen molar-refractivity contribution in [1.29, 1.82) is 0 Å². The van der Waals surface area contributed by atoms with Gasteiger partial charge in [-0.1, -0.05) is 0 Å². The fourth-order valence-corrected chi connectivity index (χ4v) is 0.342. The Balaban J connectivity index is 3.69. The number of rotatable bonds is 3. The third-order valence-electron chi connectivity index (χ3n) is 0.860. The van der Waals surface area contributed by atoms with Crippen LogP contribution in [-0.2, 0) is 4.79 Å². The summed E-state index contributed by atoms with van der Waals surface area (Å²) in [6.07, 6.45) is 1.43. The zero-order chi connectivity index (χ0) is 7.28. The highest BCUT2D eigenvalue weighted by atomic mass is 16.3. The third-order valence-corrected chi connectivity index (χ3v) is 0.860. The second-order valence-electron chi connectivity index (χ2n) is 1.70. The SMILES string of the molecule is CNC/C=C(\O)C(C)=O. The molecule has 0 bridgehead atoms. The lowest BCUT2D eigenvalue weighted by atomic mass is 10.3. The first-order chi connectivity index (χ1) is 4.18. The van der Waals surface area contributed by atoms with E-state index in [1.54, 1.807) is 7.05 Å². The highest BCUT2D eigenvalue weighted by Gasteiger charge is 1.95. The van der Waals surface area contributed by atoms with Gasteiger partial charge in [0.15, 0.2) is 11.5 Å². The van der Waals surface area contributed by atoms with E-state index >= 15 is 0 Å². The molecule has 9 heavy (non-hydrogen) atoms. The van der Waals surface area contributed by atoms with Crippen molar-refractivity contribution in [2.75, 3.05) is 13.6 Å². The van der Waals surface area contributed by atoms with Crippen LogP contribution in [0.15, 0.2) is 11.8 Å². The van der Waals surface area contributed by atoms with Crippen LogP contribution in [0.25, 0.3) is 0 Å². The number of likely N-dealkylation sites (N-methyl/N-ethyl adjacent to an activating group) is 1. The zero-order valence-corrected chi connectivity index (χ0v) is 5.64. The van der Waals surface area contributed by atoms with Crippen molar-refractivity contribution in [3.8, 4) is 0 Å². The number of hydrogen-bond donors (Lipinski definition) is 2. The van der Waals surface area contributed by atoms with Crippen LogP contribution in [0.1, 0.15) is 6.92 Å². The molecule has 0 amide bonds. The summed E-state index contributed by atoms with van der Waals surface area (Å²) in [5.41, 5.74) is 0. The summed E-state index contributed by atoms with van der Waals surface area (Å²) in [5.74, 6) is -0.477. The molecule has 3 heteroatoms. The van der Waals surface area contributed by atoms with Crippen molar-refractivity contribution in [1.82, 2.24) is 5.32 Å². The lowest BCUT2D eigenvalue weighted by Gasteiger charge is -1.91. The summed E-state index contributed by atoms with van der Waals surface area (Å²) in [4.78, 5) is 10.3. The molecule has 0 heterocycles. The highest BCUT2D eigenvalue weighted by Crippen LogP contribution is 1.86. The van der Waals surface area contributed by atoms with Crippen molar-refractivity contribution in [3.63, 3.8) is 0 Å². The monoisotopic (exact) mass is 129 g/mol. The molecule has 0 spiro atoms. The standard InChI is InChI=1S/C6H11NO2/c1-5(8)6(9)3-4-7-2/h3,7,9H,4H2,1-2H3/b6-3-. The summed E-state index contributed by atoms with van der Waals surface area (Å²) in [5, 5.41) is 11.5. The number of Topliss-reactive ketones (excluding diaryl/α,β-unsaturated/α-hetero) is 1. The normalized spacial score (nSPS) is 11.6. The van der Waals surface area contributed by atoms with Crippen LogP contribution < -0.4 is 5.32 Å². The van der Waals surface area contributed by atoms with Gasteiger partial charge in [-0.2, -0.15) is 0 Å². The number of carbonyl (C=O) groups is 1. The Morgan fingerprint density at radius 1 is 1.78 bits per heavy atom. The van der Waals surface area contributed by atoms with E-state index in [9.17, 15) is 4.79 Å². The predicted octanol–water partition coefficient (Wildman–Crippen LogP) is 0.237. The van der Waals surface area contributed by atoms with Crippen molar-refractivity contribution in [2.45, 2.75) is 6.92 Å². The summed E-state index contributed by atoms with van der Waals surface area (Å²) < 4.78 is 0. The van der Waals surface area contributed by atoms with Crippen LogP contribution in [0, 0.1) is 0 Å². The predicted molar refractivity (Wildman–Crippen MR) is 35.3 cm³/mol. The molecule has 0 saturated heterocycles. The van der Waals surface area contributed by atoms with Crippen LogP contribution in [0.2, 0.25) is 0 Å². The van der Waals surface area contributed by atoms with E-state index in [0.717, 1.165) is 0 Å².